The van der Waals surface area contributed by atoms with Gasteiger partial charge in [-0.05, 0) is 40.9 Å². The number of anilines is 3. The van der Waals surface area contributed by atoms with Crippen molar-refractivity contribution in [1.82, 2.24) is 9.97 Å². The molecular formula is C16H15BrN6O3. The highest BCUT2D eigenvalue weighted by Gasteiger charge is 2.22. The van der Waals surface area contributed by atoms with Crippen LogP contribution in [-0.2, 0) is 4.74 Å². The van der Waals surface area contributed by atoms with Gasteiger partial charge in [-0.25, -0.2) is 9.97 Å². The molecule has 1 aliphatic heterocycles. The molecular weight excluding hydrogens is 404 g/mol. The lowest BCUT2D eigenvalue weighted by atomic mass is 10.1. The first-order valence-corrected chi connectivity index (χ1v) is 8.68. The van der Waals surface area contributed by atoms with Gasteiger partial charge >= 0.3 is 5.69 Å². The number of nitriles is 1. The molecule has 0 bridgehead atoms. The molecule has 2 N–H and O–H groups in total. The smallest absolute Gasteiger partial charge is 0.313 e. The van der Waals surface area contributed by atoms with Gasteiger partial charge in [0.2, 0.25) is 5.82 Å². The number of hydrogen-bond donors (Lipinski definition) is 2. The van der Waals surface area contributed by atoms with E-state index in [1.165, 1.54) is 12.3 Å². The standard InChI is InChI=1S/C16H15BrN6O3/c17-12-7-13(23(24)25)16(21-14-2-1-10(8-18)9-19-14)22-15(12)20-11-3-5-26-6-4-11/h1-2,7,9,11H,3-6H2,(H2,19,20,21,22). The molecule has 0 radical (unpaired) electrons. The number of nitro groups is 1. The fourth-order valence-corrected chi connectivity index (χ4v) is 2.92. The van der Waals surface area contributed by atoms with Gasteiger partial charge in [0.25, 0.3) is 0 Å². The van der Waals surface area contributed by atoms with Crippen LogP contribution in [0.3, 0.4) is 0 Å². The van der Waals surface area contributed by atoms with E-state index in [0.29, 0.717) is 34.9 Å². The van der Waals surface area contributed by atoms with Crippen molar-refractivity contribution in [2.75, 3.05) is 23.8 Å². The van der Waals surface area contributed by atoms with E-state index in [0.717, 1.165) is 12.8 Å². The lowest BCUT2D eigenvalue weighted by Crippen LogP contribution is -2.28. The summed E-state index contributed by atoms with van der Waals surface area (Å²) in [5, 5.41) is 26.3. The maximum absolute atomic E-state index is 11.4. The third-order valence-corrected chi connectivity index (χ3v) is 4.46. The summed E-state index contributed by atoms with van der Waals surface area (Å²) in [6, 6.07) is 6.70. The zero-order chi connectivity index (χ0) is 18.5. The van der Waals surface area contributed by atoms with Crippen molar-refractivity contribution >= 4 is 39.1 Å². The largest absolute Gasteiger partial charge is 0.381 e. The molecule has 3 rings (SSSR count). The van der Waals surface area contributed by atoms with Gasteiger partial charge < -0.3 is 15.4 Å². The van der Waals surface area contributed by atoms with Crippen molar-refractivity contribution < 1.29 is 9.66 Å². The van der Waals surface area contributed by atoms with E-state index in [1.54, 1.807) is 12.1 Å². The second-order valence-electron chi connectivity index (χ2n) is 5.64. The van der Waals surface area contributed by atoms with E-state index >= 15 is 0 Å². The fourth-order valence-electron chi connectivity index (χ4n) is 2.50. The minimum absolute atomic E-state index is 0.0740. The van der Waals surface area contributed by atoms with Crippen molar-refractivity contribution in [3.63, 3.8) is 0 Å². The Hall–Kier alpha value is -2.77. The third kappa shape index (κ3) is 4.25. The molecule has 1 fully saturated rings. The van der Waals surface area contributed by atoms with E-state index in [9.17, 15) is 10.1 Å². The van der Waals surface area contributed by atoms with Gasteiger partial charge in [-0.2, -0.15) is 5.26 Å². The van der Waals surface area contributed by atoms with Crippen LogP contribution in [0.25, 0.3) is 0 Å². The number of hydrogen-bond acceptors (Lipinski definition) is 8. The minimum Gasteiger partial charge on any atom is -0.381 e. The number of rotatable bonds is 5. The molecule has 3 heterocycles. The topological polar surface area (TPSA) is 126 Å². The highest BCUT2D eigenvalue weighted by atomic mass is 79.9. The van der Waals surface area contributed by atoms with Gasteiger partial charge in [0.05, 0.1) is 15.0 Å². The normalized spacial score (nSPS) is 14.5. The molecule has 26 heavy (non-hydrogen) atoms. The molecule has 1 saturated heterocycles. The van der Waals surface area contributed by atoms with Gasteiger partial charge in [-0.1, -0.05) is 0 Å². The first-order valence-electron chi connectivity index (χ1n) is 7.89. The molecule has 0 aromatic carbocycles. The maximum atomic E-state index is 11.4. The van der Waals surface area contributed by atoms with E-state index < -0.39 is 4.92 Å². The van der Waals surface area contributed by atoms with Crippen molar-refractivity contribution in [2.24, 2.45) is 0 Å². The molecule has 1 aliphatic rings. The Morgan fingerprint density at radius 2 is 2.12 bits per heavy atom. The molecule has 134 valence electrons. The average molecular weight is 419 g/mol. The Kier molecular flexibility index (Phi) is 5.60. The van der Waals surface area contributed by atoms with Gasteiger partial charge in [0.15, 0.2) is 0 Å². The Morgan fingerprint density at radius 1 is 1.35 bits per heavy atom. The number of aromatic nitrogens is 2. The second-order valence-corrected chi connectivity index (χ2v) is 6.50. The van der Waals surface area contributed by atoms with Crippen LogP contribution in [-0.4, -0.2) is 34.1 Å². The highest BCUT2D eigenvalue weighted by Crippen LogP contribution is 2.33. The average Bonchev–Trinajstić information content (AvgIpc) is 2.65. The van der Waals surface area contributed by atoms with Gasteiger partial charge in [0, 0.05) is 31.5 Å². The van der Waals surface area contributed by atoms with Gasteiger partial charge in [-0.15, -0.1) is 0 Å². The summed E-state index contributed by atoms with van der Waals surface area (Å²) in [5.41, 5.74) is 0.219. The van der Waals surface area contributed by atoms with Crippen molar-refractivity contribution in [3.05, 3.63) is 44.5 Å². The molecule has 2 aromatic heterocycles. The van der Waals surface area contributed by atoms with Crippen LogP contribution in [0.4, 0.5) is 23.1 Å². The monoisotopic (exact) mass is 418 g/mol. The van der Waals surface area contributed by atoms with E-state index in [-0.39, 0.29) is 17.5 Å². The van der Waals surface area contributed by atoms with E-state index in [1.807, 2.05) is 6.07 Å². The van der Waals surface area contributed by atoms with Crippen LogP contribution < -0.4 is 10.6 Å². The SMILES string of the molecule is N#Cc1ccc(Nc2nc(NC3CCOCC3)c(Br)cc2[N+](=O)[O-])nc1. The molecule has 0 atom stereocenters. The maximum Gasteiger partial charge on any atom is 0.313 e. The number of ether oxygens (including phenoxy) is 1. The number of pyridine rings is 2. The number of nitrogens with one attached hydrogen (secondary N) is 2. The first-order chi connectivity index (χ1) is 12.6. The Labute approximate surface area is 157 Å². The molecule has 2 aromatic rings. The predicted octanol–water partition coefficient (Wildman–Crippen LogP) is 3.35. The molecule has 10 heteroatoms. The molecule has 9 nitrogen and oxygen atoms in total. The quantitative estimate of drug-likeness (QED) is 0.558. The summed E-state index contributed by atoms with van der Waals surface area (Å²) in [4.78, 5) is 19.3. The van der Waals surface area contributed by atoms with Crippen LogP contribution in [0.5, 0.6) is 0 Å². The first kappa shape index (κ1) is 18.0. The number of halogens is 1. The number of nitrogens with zero attached hydrogens (tertiary/aromatic N) is 4. The van der Waals surface area contributed by atoms with Crippen molar-refractivity contribution in [3.8, 4) is 6.07 Å². The highest BCUT2D eigenvalue weighted by molar-refractivity contribution is 9.10. The summed E-state index contributed by atoms with van der Waals surface area (Å²) in [7, 11) is 0. The third-order valence-electron chi connectivity index (χ3n) is 3.85. The zero-order valence-electron chi connectivity index (χ0n) is 13.6. The predicted molar refractivity (Wildman–Crippen MR) is 98.3 cm³/mol. The summed E-state index contributed by atoms with van der Waals surface area (Å²) < 4.78 is 5.84. The molecule has 0 amide bonds. The molecule has 0 saturated carbocycles. The van der Waals surface area contributed by atoms with Crippen LogP contribution in [0.2, 0.25) is 0 Å². The summed E-state index contributed by atoms with van der Waals surface area (Å²) in [6.45, 7) is 1.34. The zero-order valence-corrected chi connectivity index (χ0v) is 15.2. The summed E-state index contributed by atoms with van der Waals surface area (Å²) >= 11 is 3.34. The molecule has 0 aliphatic carbocycles. The van der Waals surface area contributed by atoms with Crippen LogP contribution in [0.1, 0.15) is 18.4 Å². The van der Waals surface area contributed by atoms with Crippen molar-refractivity contribution in [1.29, 1.82) is 5.26 Å². The lowest BCUT2D eigenvalue weighted by molar-refractivity contribution is -0.384. The Bertz CT molecular complexity index is 846. The van der Waals surface area contributed by atoms with Crippen molar-refractivity contribution in [2.45, 2.75) is 18.9 Å². The van der Waals surface area contributed by atoms with E-state index in [4.69, 9.17) is 10.00 Å². The molecule has 0 unspecified atom stereocenters. The second kappa shape index (κ2) is 8.07. The van der Waals surface area contributed by atoms with Crippen LogP contribution >= 0.6 is 15.9 Å². The van der Waals surface area contributed by atoms with Gasteiger partial charge in [-0.3, -0.25) is 10.1 Å². The minimum atomic E-state index is -0.512. The Morgan fingerprint density at radius 3 is 2.73 bits per heavy atom. The fraction of sp³-hybridized carbons (Fsp3) is 0.312. The van der Waals surface area contributed by atoms with Crippen LogP contribution in [0.15, 0.2) is 28.9 Å². The van der Waals surface area contributed by atoms with E-state index in [2.05, 4.69) is 36.5 Å². The lowest BCUT2D eigenvalue weighted by Gasteiger charge is -2.24. The molecule has 0 spiro atoms. The summed E-state index contributed by atoms with van der Waals surface area (Å²) in [5.74, 6) is 0.947. The summed E-state index contributed by atoms with van der Waals surface area (Å²) in [6.07, 6.45) is 3.06. The van der Waals surface area contributed by atoms with Crippen LogP contribution in [0, 0.1) is 21.4 Å². The van der Waals surface area contributed by atoms with Gasteiger partial charge in [0.1, 0.15) is 17.7 Å². The Balaban J connectivity index is 1.88.